The number of hydrogen-bond donors (Lipinski definition) is 2. The largest absolute Gasteiger partial charge is 0.481 e. The number of aryl methyl sites for hydroxylation is 1. The van der Waals surface area contributed by atoms with E-state index in [0.29, 0.717) is 15.9 Å². The molecule has 0 heterocycles. The van der Waals surface area contributed by atoms with E-state index < -0.39 is 12.0 Å². The number of anilines is 1. The topological polar surface area (TPSA) is 89.0 Å². The Morgan fingerprint density at radius 2 is 1.93 bits per heavy atom. The van der Waals surface area contributed by atoms with Crippen LogP contribution < -0.4 is 15.5 Å². The normalized spacial score (nSPS) is 10.5. The van der Waals surface area contributed by atoms with Gasteiger partial charge in [0.2, 0.25) is 0 Å². The van der Waals surface area contributed by atoms with Gasteiger partial charge in [-0.15, -0.1) is 0 Å². The minimum Gasteiger partial charge on any atom is -0.481 e. The number of methoxy groups -OCH3 is 1. The number of nitrogens with zero attached hydrogens (tertiary/aromatic N) is 1. The molecule has 0 aliphatic heterocycles. The van der Waals surface area contributed by atoms with E-state index in [-0.39, 0.29) is 6.61 Å². The second kappa shape index (κ2) is 10.1. The van der Waals surface area contributed by atoms with E-state index in [4.69, 9.17) is 4.74 Å². The molecule has 0 atom stereocenters. The molecule has 0 aromatic heterocycles. The van der Waals surface area contributed by atoms with Crippen LogP contribution in [0.15, 0.2) is 50.4 Å². The number of halogens is 2. The monoisotopic (exact) mass is 497 g/mol. The highest BCUT2D eigenvalue weighted by atomic mass is 79.9. The van der Waals surface area contributed by atoms with Crippen molar-refractivity contribution in [1.29, 1.82) is 0 Å². The van der Waals surface area contributed by atoms with E-state index >= 15 is 0 Å². The van der Waals surface area contributed by atoms with Crippen LogP contribution in [0.3, 0.4) is 0 Å². The second-order valence-electron chi connectivity index (χ2n) is 5.34. The molecule has 0 aliphatic rings. The van der Waals surface area contributed by atoms with Crippen LogP contribution in [0, 0.1) is 6.92 Å². The maximum absolute atomic E-state index is 11.9. The highest BCUT2D eigenvalue weighted by Gasteiger charge is 2.06. The number of benzene rings is 2. The van der Waals surface area contributed by atoms with Gasteiger partial charge in [0, 0.05) is 10.2 Å². The van der Waals surface area contributed by atoms with Crippen molar-refractivity contribution in [2.75, 3.05) is 19.0 Å². The van der Waals surface area contributed by atoms with Gasteiger partial charge in [-0.2, -0.15) is 5.10 Å². The van der Waals surface area contributed by atoms with Gasteiger partial charge in [0.25, 0.3) is 0 Å². The number of carbonyl (C=O) groups is 2. The van der Waals surface area contributed by atoms with Crippen molar-refractivity contribution < 1.29 is 19.1 Å². The summed E-state index contributed by atoms with van der Waals surface area (Å²) in [5.41, 5.74) is 4.80. The Bertz CT molecular complexity index is 872. The maximum Gasteiger partial charge on any atom is 0.343 e. The van der Waals surface area contributed by atoms with Crippen LogP contribution in [0.1, 0.15) is 11.1 Å². The van der Waals surface area contributed by atoms with Gasteiger partial charge in [0.05, 0.1) is 17.8 Å². The van der Waals surface area contributed by atoms with Gasteiger partial charge in [0.1, 0.15) is 5.75 Å². The quantitative estimate of drug-likeness (QED) is 0.354. The van der Waals surface area contributed by atoms with Crippen molar-refractivity contribution in [2.24, 2.45) is 5.10 Å². The van der Waals surface area contributed by atoms with Crippen LogP contribution in [0.4, 0.5) is 10.5 Å². The van der Waals surface area contributed by atoms with Crippen molar-refractivity contribution >= 4 is 55.8 Å². The average Bonchev–Trinajstić information content (AvgIpc) is 2.63. The van der Waals surface area contributed by atoms with Gasteiger partial charge in [-0.1, -0.05) is 15.9 Å². The van der Waals surface area contributed by atoms with Crippen molar-refractivity contribution in [1.82, 2.24) is 5.43 Å². The van der Waals surface area contributed by atoms with Crippen LogP contribution in [0.25, 0.3) is 0 Å². The summed E-state index contributed by atoms with van der Waals surface area (Å²) in [6.07, 6.45) is 1.49. The Hall–Kier alpha value is -2.39. The standard InChI is InChI=1S/C18H17Br2N3O4/c1-11-7-13(4-5-14(11)19)22-18(25)23-21-9-12-3-6-16(15(20)8-12)27-10-17(24)26-2/h3-9H,10H2,1-2H3,(H2,22,23,25)/b21-9+. The molecule has 27 heavy (non-hydrogen) atoms. The van der Waals surface area contributed by atoms with Crippen LogP contribution >= 0.6 is 31.9 Å². The minimum absolute atomic E-state index is 0.181. The van der Waals surface area contributed by atoms with Crippen molar-refractivity contribution in [3.8, 4) is 5.75 Å². The van der Waals surface area contributed by atoms with E-state index in [1.807, 2.05) is 19.1 Å². The van der Waals surface area contributed by atoms with Gasteiger partial charge in [-0.25, -0.2) is 15.0 Å². The number of nitrogens with one attached hydrogen (secondary N) is 2. The lowest BCUT2D eigenvalue weighted by molar-refractivity contribution is -0.142. The summed E-state index contributed by atoms with van der Waals surface area (Å²) in [4.78, 5) is 23.0. The first-order valence-corrected chi connectivity index (χ1v) is 9.33. The number of ether oxygens (including phenoxy) is 2. The highest BCUT2D eigenvalue weighted by molar-refractivity contribution is 9.10. The molecule has 0 aliphatic carbocycles. The molecule has 2 aromatic rings. The number of hydrogen-bond acceptors (Lipinski definition) is 5. The number of hydrazone groups is 1. The zero-order chi connectivity index (χ0) is 19.8. The summed E-state index contributed by atoms with van der Waals surface area (Å²) in [5, 5.41) is 6.60. The molecule has 0 spiro atoms. The summed E-state index contributed by atoms with van der Waals surface area (Å²) in [6, 6.07) is 10.2. The second-order valence-corrected chi connectivity index (χ2v) is 7.05. The number of carbonyl (C=O) groups excluding carboxylic acids is 2. The Balaban J connectivity index is 1.89. The summed E-state index contributed by atoms with van der Waals surface area (Å²) >= 11 is 6.76. The number of rotatable bonds is 6. The molecule has 0 fully saturated rings. The number of esters is 1. The third-order valence-electron chi connectivity index (χ3n) is 3.32. The van der Waals surface area contributed by atoms with Gasteiger partial charge >= 0.3 is 12.0 Å². The van der Waals surface area contributed by atoms with Crippen LogP contribution in [0.2, 0.25) is 0 Å². The van der Waals surface area contributed by atoms with E-state index in [0.717, 1.165) is 15.6 Å². The first-order valence-electron chi connectivity index (χ1n) is 7.74. The predicted molar refractivity (Wildman–Crippen MR) is 110 cm³/mol. The van der Waals surface area contributed by atoms with Gasteiger partial charge in [-0.3, -0.25) is 0 Å². The lowest BCUT2D eigenvalue weighted by Crippen LogP contribution is -2.24. The molecule has 7 nitrogen and oxygen atoms in total. The first-order chi connectivity index (χ1) is 12.9. The lowest BCUT2D eigenvalue weighted by Gasteiger charge is -2.07. The molecule has 9 heteroatoms. The Labute approximate surface area is 173 Å². The van der Waals surface area contributed by atoms with Crippen molar-refractivity contribution in [3.05, 3.63) is 56.5 Å². The summed E-state index contributed by atoms with van der Waals surface area (Å²) in [7, 11) is 1.29. The fraction of sp³-hybridized carbons (Fsp3) is 0.167. The smallest absolute Gasteiger partial charge is 0.343 e. The zero-order valence-electron chi connectivity index (χ0n) is 14.6. The highest BCUT2D eigenvalue weighted by Crippen LogP contribution is 2.25. The molecule has 0 bridgehead atoms. The van der Waals surface area contributed by atoms with Gasteiger partial charge in [0.15, 0.2) is 6.61 Å². The van der Waals surface area contributed by atoms with Crippen LogP contribution in [-0.2, 0) is 9.53 Å². The molecule has 2 aromatic carbocycles. The summed E-state index contributed by atoms with van der Waals surface area (Å²) in [6.45, 7) is 1.75. The summed E-state index contributed by atoms with van der Waals surface area (Å²) in [5.74, 6) is 0.0255. The SMILES string of the molecule is COC(=O)COc1ccc(/C=N/NC(=O)Nc2ccc(Br)c(C)c2)cc1Br. The molecule has 2 amide bonds. The molecule has 2 N–H and O–H groups in total. The fourth-order valence-corrected chi connectivity index (χ4v) is 2.71. The Morgan fingerprint density at radius 3 is 2.59 bits per heavy atom. The van der Waals surface area contributed by atoms with E-state index in [1.54, 1.807) is 24.3 Å². The maximum atomic E-state index is 11.9. The molecule has 0 saturated heterocycles. The minimum atomic E-state index is -0.469. The molecule has 2 rings (SSSR count). The van der Waals surface area contributed by atoms with E-state index in [2.05, 4.69) is 52.4 Å². The molecule has 142 valence electrons. The molecule has 0 unspecified atom stereocenters. The van der Waals surface area contributed by atoms with E-state index in [1.165, 1.54) is 13.3 Å². The third-order valence-corrected chi connectivity index (χ3v) is 4.83. The molecule has 0 saturated carbocycles. The average molecular weight is 499 g/mol. The number of amides is 2. The zero-order valence-corrected chi connectivity index (χ0v) is 17.8. The van der Waals surface area contributed by atoms with Crippen LogP contribution in [-0.4, -0.2) is 31.9 Å². The van der Waals surface area contributed by atoms with Crippen molar-refractivity contribution in [2.45, 2.75) is 6.92 Å². The van der Waals surface area contributed by atoms with Gasteiger partial charge < -0.3 is 14.8 Å². The van der Waals surface area contributed by atoms with Crippen LogP contribution in [0.5, 0.6) is 5.75 Å². The Kier molecular flexibility index (Phi) is 7.81. The Morgan fingerprint density at radius 1 is 1.15 bits per heavy atom. The predicted octanol–water partition coefficient (Wildman–Crippen LogP) is 4.23. The summed E-state index contributed by atoms with van der Waals surface area (Å²) < 4.78 is 11.5. The molecule has 0 radical (unpaired) electrons. The molecular formula is C18H17Br2N3O4. The lowest BCUT2D eigenvalue weighted by atomic mass is 10.2. The first kappa shape index (κ1) is 20.9. The number of urea groups is 1. The molecular weight excluding hydrogens is 482 g/mol. The van der Waals surface area contributed by atoms with Crippen molar-refractivity contribution in [3.63, 3.8) is 0 Å². The van der Waals surface area contributed by atoms with E-state index in [9.17, 15) is 9.59 Å². The third kappa shape index (κ3) is 6.69. The van der Waals surface area contributed by atoms with Gasteiger partial charge in [-0.05, 0) is 70.4 Å². The fourth-order valence-electron chi connectivity index (χ4n) is 1.96.